The number of likely N-dealkylation sites (tertiary alicyclic amines) is 1. The second kappa shape index (κ2) is 7.91. The van der Waals surface area contributed by atoms with Gasteiger partial charge < -0.3 is 5.32 Å². The Bertz CT molecular complexity index is 1060. The smallest absolute Gasteiger partial charge is 0.271 e. The number of nitrogens with zero attached hydrogens (tertiary/aromatic N) is 3. The fourth-order valence-corrected chi connectivity index (χ4v) is 4.92. The van der Waals surface area contributed by atoms with Gasteiger partial charge in [-0.25, -0.2) is 4.68 Å². The van der Waals surface area contributed by atoms with Crippen LogP contribution in [0.4, 0.5) is 0 Å². The molecule has 3 aromatic rings. The van der Waals surface area contributed by atoms with Crippen molar-refractivity contribution in [3.63, 3.8) is 0 Å². The van der Waals surface area contributed by atoms with Crippen LogP contribution in [0.3, 0.4) is 0 Å². The van der Waals surface area contributed by atoms with Crippen molar-refractivity contribution < 1.29 is 4.79 Å². The molecule has 1 saturated carbocycles. The maximum atomic E-state index is 12.9. The van der Waals surface area contributed by atoms with Crippen molar-refractivity contribution >= 4 is 5.91 Å². The lowest BCUT2D eigenvalue weighted by molar-refractivity contribution is 0.0818. The van der Waals surface area contributed by atoms with Crippen molar-refractivity contribution in [2.24, 2.45) is 11.8 Å². The topological polar surface area (TPSA) is 83.0 Å². The molecular formula is C23H25N5O2. The van der Waals surface area contributed by atoms with Crippen molar-refractivity contribution in [3.05, 3.63) is 82.5 Å². The van der Waals surface area contributed by atoms with Crippen LogP contribution in [0.5, 0.6) is 0 Å². The first kappa shape index (κ1) is 18.8. The first-order chi connectivity index (χ1) is 14.7. The van der Waals surface area contributed by atoms with E-state index < -0.39 is 0 Å². The van der Waals surface area contributed by atoms with E-state index in [4.69, 9.17) is 0 Å². The predicted molar refractivity (Wildman–Crippen MR) is 113 cm³/mol. The Labute approximate surface area is 174 Å². The van der Waals surface area contributed by atoms with E-state index in [-0.39, 0.29) is 17.5 Å². The number of fused-ring (bicyclic) bond motifs is 2. The van der Waals surface area contributed by atoms with Crippen LogP contribution < -0.4 is 10.9 Å². The van der Waals surface area contributed by atoms with E-state index in [1.807, 2.05) is 48.7 Å². The van der Waals surface area contributed by atoms with E-state index in [0.717, 1.165) is 38.2 Å². The average molecular weight is 403 g/mol. The van der Waals surface area contributed by atoms with E-state index in [1.165, 1.54) is 10.7 Å². The van der Waals surface area contributed by atoms with Gasteiger partial charge in [-0.1, -0.05) is 24.3 Å². The third-order valence-corrected chi connectivity index (χ3v) is 6.30. The van der Waals surface area contributed by atoms with Gasteiger partial charge in [0, 0.05) is 37.9 Å². The highest BCUT2D eigenvalue weighted by atomic mass is 16.2. The minimum atomic E-state index is -0.237. The standard InChI is InChI=1S/C23H25N5O2/c29-21-12-20(26-28(21)19-7-2-1-3-8-19)23(30)25-22-16-9-10-17(22)14-27(13-16)15-18-6-4-5-11-24-18/h1-8,11-12,16-17,22,26H,9-10,13-15H2,(H,25,30)/t16-,17+,22?. The Balaban J connectivity index is 1.26. The molecule has 2 bridgehead atoms. The van der Waals surface area contributed by atoms with Crippen LogP contribution in [0, 0.1) is 11.8 Å². The molecule has 0 spiro atoms. The fraction of sp³-hybridized carbons (Fsp3) is 0.348. The van der Waals surface area contributed by atoms with Crippen LogP contribution in [-0.2, 0) is 6.54 Å². The Morgan fingerprint density at radius 1 is 1.07 bits per heavy atom. The summed E-state index contributed by atoms with van der Waals surface area (Å²) >= 11 is 0. The van der Waals surface area contributed by atoms with Crippen molar-refractivity contribution in [3.8, 4) is 5.69 Å². The highest BCUT2D eigenvalue weighted by Crippen LogP contribution is 2.37. The number of amides is 1. The number of rotatable bonds is 5. The van der Waals surface area contributed by atoms with Crippen LogP contribution >= 0.6 is 0 Å². The molecule has 1 unspecified atom stereocenters. The number of nitrogens with one attached hydrogen (secondary N) is 2. The highest BCUT2D eigenvalue weighted by molar-refractivity contribution is 5.92. The number of piperidine rings is 1. The molecule has 1 aliphatic heterocycles. The van der Waals surface area contributed by atoms with Gasteiger partial charge in [-0.3, -0.25) is 24.6 Å². The van der Waals surface area contributed by atoms with Crippen LogP contribution in [0.25, 0.3) is 5.69 Å². The van der Waals surface area contributed by atoms with Gasteiger partial charge in [0.1, 0.15) is 5.69 Å². The molecule has 2 N–H and O–H groups in total. The van der Waals surface area contributed by atoms with E-state index in [0.29, 0.717) is 23.2 Å². The number of hydrogen-bond donors (Lipinski definition) is 2. The molecule has 2 fully saturated rings. The van der Waals surface area contributed by atoms with Crippen LogP contribution in [0.2, 0.25) is 0 Å². The van der Waals surface area contributed by atoms with Crippen molar-refractivity contribution in [2.75, 3.05) is 13.1 Å². The third kappa shape index (κ3) is 3.68. The number of benzene rings is 1. The molecule has 154 valence electrons. The van der Waals surface area contributed by atoms with E-state index in [1.54, 1.807) is 0 Å². The molecule has 5 rings (SSSR count). The Kier molecular flexibility index (Phi) is 4.96. The summed E-state index contributed by atoms with van der Waals surface area (Å²) in [5.74, 6) is 0.653. The van der Waals surface area contributed by atoms with Crippen LogP contribution in [0.15, 0.2) is 65.6 Å². The molecule has 30 heavy (non-hydrogen) atoms. The second-order valence-electron chi connectivity index (χ2n) is 8.29. The molecule has 7 heteroatoms. The lowest BCUT2D eigenvalue weighted by atomic mass is 9.92. The molecule has 7 nitrogen and oxygen atoms in total. The Morgan fingerprint density at radius 2 is 1.80 bits per heavy atom. The molecule has 1 saturated heterocycles. The van der Waals surface area contributed by atoms with Crippen LogP contribution in [0.1, 0.15) is 29.0 Å². The normalized spacial score (nSPS) is 23.4. The largest absolute Gasteiger partial charge is 0.347 e. The minimum absolute atomic E-state index is 0.154. The SMILES string of the molecule is O=C(NC1[C@@H]2CC[C@H]1CN(Cc1ccccn1)C2)c1cc(=O)n(-c2ccccc2)[nH]1. The van der Waals surface area contributed by atoms with Gasteiger partial charge in [0.15, 0.2) is 0 Å². The van der Waals surface area contributed by atoms with Gasteiger partial charge >= 0.3 is 0 Å². The van der Waals surface area contributed by atoms with E-state index >= 15 is 0 Å². The summed E-state index contributed by atoms with van der Waals surface area (Å²) in [7, 11) is 0. The molecule has 2 aliphatic rings. The molecule has 3 heterocycles. The van der Waals surface area contributed by atoms with Crippen molar-refractivity contribution in [1.82, 2.24) is 25.0 Å². The average Bonchev–Trinajstić information content (AvgIpc) is 3.26. The number of aromatic nitrogens is 3. The number of para-hydroxylation sites is 1. The Hall–Kier alpha value is -3.19. The molecule has 1 aromatic carbocycles. The number of hydrogen-bond acceptors (Lipinski definition) is 4. The molecule has 2 aromatic heterocycles. The summed E-state index contributed by atoms with van der Waals surface area (Å²) in [5, 5.41) is 6.16. The Morgan fingerprint density at radius 3 is 2.50 bits per heavy atom. The minimum Gasteiger partial charge on any atom is -0.347 e. The number of carbonyl (C=O) groups excluding carboxylic acids is 1. The zero-order valence-corrected chi connectivity index (χ0v) is 16.7. The maximum Gasteiger partial charge on any atom is 0.271 e. The number of H-pyrrole nitrogens is 1. The third-order valence-electron chi connectivity index (χ3n) is 6.30. The quantitative estimate of drug-likeness (QED) is 0.684. The number of carbonyl (C=O) groups is 1. The van der Waals surface area contributed by atoms with Gasteiger partial charge in [0.05, 0.1) is 11.4 Å². The lowest BCUT2D eigenvalue weighted by Crippen LogP contribution is -2.52. The maximum absolute atomic E-state index is 12.9. The van der Waals surface area contributed by atoms with Gasteiger partial charge in [0.25, 0.3) is 11.5 Å². The summed E-state index contributed by atoms with van der Waals surface area (Å²) in [6, 6.07) is 16.8. The highest BCUT2D eigenvalue weighted by Gasteiger charge is 2.42. The van der Waals surface area contributed by atoms with E-state index in [9.17, 15) is 9.59 Å². The number of pyridine rings is 1. The zero-order chi connectivity index (χ0) is 20.5. The summed E-state index contributed by atoms with van der Waals surface area (Å²) in [4.78, 5) is 32.1. The van der Waals surface area contributed by atoms with Gasteiger partial charge in [-0.15, -0.1) is 0 Å². The lowest BCUT2D eigenvalue weighted by Gasteiger charge is -2.38. The van der Waals surface area contributed by atoms with Gasteiger partial charge in [-0.2, -0.15) is 0 Å². The molecule has 1 amide bonds. The zero-order valence-electron chi connectivity index (χ0n) is 16.7. The molecule has 3 atom stereocenters. The van der Waals surface area contributed by atoms with E-state index in [2.05, 4.69) is 26.4 Å². The van der Waals surface area contributed by atoms with Gasteiger partial charge in [0.2, 0.25) is 0 Å². The van der Waals surface area contributed by atoms with Crippen molar-refractivity contribution in [1.29, 1.82) is 0 Å². The van der Waals surface area contributed by atoms with Crippen molar-refractivity contribution in [2.45, 2.75) is 25.4 Å². The monoisotopic (exact) mass is 403 g/mol. The second-order valence-corrected chi connectivity index (χ2v) is 8.29. The fourth-order valence-electron chi connectivity index (χ4n) is 4.92. The predicted octanol–water partition coefficient (Wildman–Crippen LogP) is 2.20. The first-order valence-corrected chi connectivity index (χ1v) is 10.5. The summed E-state index contributed by atoms with van der Waals surface area (Å²) in [6.45, 7) is 2.76. The molecular weight excluding hydrogens is 378 g/mol. The van der Waals surface area contributed by atoms with Crippen LogP contribution in [-0.4, -0.2) is 44.7 Å². The molecule has 0 radical (unpaired) electrons. The summed E-state index contributed by atoms with van der Waals surface area (Å²) < 4.78 is 1.40. The summed E-state index contributed by atoms with van der Waals surface area (Å²) in [6.07, 6.45) is 4.07. The first-order valence-electron chi connectivity index (χ1n) is 10.5. The molecule has 1 aliphatic carbocycles. The summed E-state index contributed by atoms with van der Waals surface area (Å²) in [5.41, 5.74) is 1.86. The number of aromatic amines is 1. The van der Waals surface area contributed by atoms with Gasteiger partial charge in [-0.05, 0) is 48.9 Å².